The van der Waals surface area contributed by atoms with Gasteiger partial charge in [-0.25, -0.2) is 4.39 Å². The smallest absolute Gasteiger partial charge is 0.152 e. The number of benzene rings is 2. The second kappa shape index (κ2) is 7.98. The number of H-pyrrole nitrogens is 1. The molecule has 5 nitrogen and oxygen atoms in total. The monoisotopic (exact) mass is 385 g/mol. The molecule has 0 fully saturated rings. The van der Waals surface area contributed by atoms with E-state index in [1.165, 1.54) is 12.1 Å². The molecule has 2 aromatic heterocycles. The molecule has 4 aromatic rings. The van der Waals surface area contributed by atoms with Crippen molar-refractivity contribution in [1.29, 1.82) is 0 Å². The standard InChI is InChI=1S/C23H16FN3O2/c24-19-7-5-18(6-8-19)23-21(16-9-11-25-12-10-16)20(14-28)22(27-23)17-3-1-15(2-4-17)13-26-29/h1-12,14,27H,13H2. The van der Waals surface area contributed by atoms with Crippen molar-refractivity contribution in [3.05, 3.63) is 94.9 Å². The van der Waals surface area contributed by atoms with Crippen LogP contribution in [-0.2, 0) is 6.54 Å². The number of aromatic amines is 1. The molecule has 6 heteroatoms. The highest BCUT2D eigenvalue weighted by Gasteiger charge is 2.21. The van der Waals surface area contributed by atoms with E-state index in [-0.39, 0.29) is 12.4 Å². The van der Waals surface area contributed by atoms with Crippen molar-refractivity contribution in [1.82, 2.24) is 9.97 Å². The molecular formula is C23H16FN3O2. The van der Waals surface area contributed by atoms with Gasteiger partial charge in [-0.2, -0.15) is 4.91 Å². The first kappa shape index (κ1) is 18.4. The minimum atomic E-state index is -0.332. The van der Waals surface area contributed by atoms with Crippen LogP contribution in [0.25, 0.3) is 33.6 Å². The van der Waals surface area contributed by atoms with Crippen LogP contribution in [0.3, 0.4) is 0 Å². The molecule has 0 unspecified atom stereocenters. The quantitative estimate of drug-likeness (QED) is 0.345. The van der Waals surface area contributed by atoms with E-state index in [0.29, 0.717) is 17.0 Å². The SMILES string of the molecule is O=Cc1c(-c2ccc(CN=O)cc2)[nH]c(-c2ccc(F)cc2)c1-c1ccncc1. The van der Waals surface area contributed by atoms with Crippen molar-refractivity contribution in [3.8, 4) is 33.6 Å². The van der Waals surface area contributed by atoms with Gasteiger partial charge in [0.2, 0.25) is 0 Å². The van der Waals surface area contributed by atoms with E-state index >= 15 is 0 Å². The van der Waals surface area contributed by atoms with Crippen molar-refractivity contribution in [2.75, 3.05) is 0 Å². The second-order valence-corrected chi connectivity index (χ2v) is 6.51. The highest BCUT2D eigenvalue weighted by atomic mass is 19.1. The summed E-state index contributed by atoms with van der Waals surface area (Å²) in [4.78, 5) is 30.0. The van der Waals surface area contributed by atoms with Crippen LogP contribution in [0.15, 0.2) is 78.2 Å². The lowest BCUT2D eigenvalue weighted by molar-refractivity contribution is 0.112. The number of hydrogen-bond acceptors (Lipinski definition) is 4. The lowest BCUT2D eigenvalue weighted by Crippen LogP contribution is -1.88. The van der Waals surface area contributed by atoms with Gasteiger partial charge in [0.05, 0.1) is 11.4 Å². The molecule has 142 valence electrons. The fourth-order valence-corrected chi connectivity index (χ4v) is 3.36. The number of aromatic nitrogens is 2. The molecule has 0 saturated heterocycles. The Hall–Kier alpha value is -3.93. The molecule has 0 aliphatic carbocycles. The zero-order chi connectivity index (χ0) is 20.2. The zero-order valence-electron chi connectivity index (χ0n) is 15.3. The third kappa shape index (κ3) is 3.60. The first-order valence-electron chi connectivity index (χ1n) is 8.97. The lowest BCUT2D eigenvalue weighted by atomic mass is 9.97. The number of nitrogens with zero attached hydrogens (tertiary/aromatic N) is 2. The molecule has 0 aliphatic heterocycles. The summed E-state index contributed by atoms with van der Waals surface area (Å²) in [5.41, 5.74) is 5.75. The third-order valence-electron chi connectivity index (χ3n) is 4.75. The average Bonchev–Trinajstić information content (AvgIpc) is 3.15. The van der Waals surface area contributed by atoms with Gasteiger partial charge in [0.25, 0.3) is 0 Å². The lowest BCUT2D eigenvalue weighted by Gasteiger charge is -2.06. The van der Waals surface area contributed by atoms with Gasteiger partial charge in [-0.05, 0) is 58.7 Å². The third-order valence-corrected chi connectivity index (χ3v) is 4.75. The van der Waals surface area contributed by atoms with Crippen LogP contribution in [0.5, 0.6) is 0 Å². The van der Waals surface area contributed by atoms with E-state index in [9.17, 15) is 14.1 Å². The Balaban J connectivity index is 1.94. The number of nitroso groups, excluding NO2 is 1. The molecule has 0 bridgehead atoms. The van der Waals surface area contributed by atoms with Crippen molar-refractivity contribution in [2.45, 2.75) is 6.54 Å². The Kier molecular flexibility index (Phi) is 5.07. The van der Waals surface area contributed by atoms with Gasteiger partial charge in [-0.1, -0.05) is 29.4 Å². The molecule has 2 heterocycles. The molecule has 29 heavy (non-hydrogen) atoms. The highest BCUT2D eigenvalue weighted by molar-refractivity contribution is 6.01. The summed E-state index contributed by atoms with van der Waals surface area (Å²) in [5.74, 6) is -0.332. The number of halogens is 1. The molecule has 0 spiro atoms. The molecule has 4 rings (SSSR count). The van der Waals surface area contributed by atoms with Crippen LogP contribution in [0, 0.1) is 10.7 Å². The number of rotatable bonds is 6. The summed E-state index contributed by atoms with van der Waals surface area (Å²) < 4.78 is 13.4. The average molecular weight is 385 g/mol. The molecular weight excluding hydrogens is 369 g/mol. The normalized spacial score (nSPS) is 10.7. The van der Waals surface area contributed by atoms with Gasteiger partial charge in [-0.3, -0.25) is 9.78 Å². The summed E-state index contributed by atoms with van der Waals surface area (Å²) in [5, 5.41) is 2.90. The minimum absolute atomic E-state index is 0.0919. The van der Waals surface area contributed by atoms with E-state index in [1.54, 1.807) is 36.7 Å². The Bertz CT molecular complexity index is 1150. The molecule has 2 aromatic carbocycles. The van der Waals surface area contributed by atoms with E-state index in [0.717, 1.165) is 34.1 Å². The minimum Gasteiger partial charge on any atom is -0.353 e. The predicted molar refractivity (Wildman–Crippen MR) is 110 cm³/mol. The van der Waals surface area contributed by atoms with E-state index in [1.807, 2.05) is 24.3 Å². The Labute approximate surface area is 166 Å². The Morgan fingerprint density at radius 3 is 2.10 bits per heavy atom. The summed E-state index contributed by atoms with van der Waals surface area (Å²) in [7, 11) is 0. The van der Waals surface area contributed by atoms with Crippen LogP contribution in [0.4, 0.5) is 4.39 Å². The van der Waals surface area contributed by atoms with Crippen molar-refractivity contribution in [2.24, 2.45) is 5.18 Å². The molecule has 0 radical (unpaired) electrons. The first-order valence-corrected chi connectivity index (χ1v) is 8.97. The maximum absolute atomic E-state index is 13.4. The van der Waals surface area contributed by atoms with E-state index in [2.05, 4.69) is 15.1 Å². The predicted octanol–water partition coefficient (Wildman–Crippen LogP) is 5.63. The van der Waals surface area contributed by atoms with Crippen molar-refractivity contribution >= 4 is 6.29 Å². The van der Waals surface area contributed by atoms with Crippen molar-refractivity contribution < 1.29 is 9.18 Å². The number of carbonyl (C=O) groups excluding carboxylic acids is 1. The summed E-state index contributed by atoms with van der Waals surface area (Å²) >= 11 is 0. The van der Waals surface area contributed by atoms with Gasteiger partial charge in [0.15, 0.2) is 6.29 Å². The fraction of sp³-hybridized carbons (Fsp3) is 0.0435. The highest BCUT2D eigenvalue weighted by Crippen LogP contribution is 2.39. The maximum Gasteiger partial charge on any atom is 0.152 e. The molecule has 0 amide bonds. The van der Waals surface area contributed by atoms with Crippen LogP contribution < -0.4 is 0 Å². The van der Waals surface area contributed by atoms with Gasteiger partial charge in [0, 0.05) is 23.5 Å². The van der Waals surface area contributed by atoms with Gasteiger partial charge in [-0.15, -0.1) is 0 Å². The number of aldehydes is 1. The zero-order valence-corrected chi connectivity index (χ0v) is 15.3. The topological polar surface area (TPSA) is 75.2 Å². The maximum atomic E-state index is 13.4. The number of hydrogen-bond donors (Lipinski definition) is 1. The van der Waals surface area contributed by atoms with E-state index < -0.39 is 0 Å². The number of carbonyl (C=O) groups is 1. The molecule has 0 atom stereocenters. The molecule has 0 aliphatic rings. The largest absolute Gasteiger partial charge is 0.353 e. The molecule has 0 saturated carbocycles. The van der Waals surface area contributed by atoms with Crippen LogP contribution in [0.1, 0.15) is 15.9 Å². The van der Waals surface area contributed by atoms with Gasteiger partial charge in [0.1, 0.15) is 12.4 Å². The van der Waals surface area contributed by atoms with Crippen LogP contribution in [-0.4, -0.2) is 16.3 Å². The Morgan fingerprint density at radius 1 is 0.862 bits per heavy atom. The van der Waals surface area contributed by atoms with Gasteiger partial charge >= 0.3 is 0 Å². The summed E-state index contributed by atoms with van der Waals surface area (Å²) in [6.07, 6.45) is 4.13. The van der Waals surface area contributed by atoms with Crippen LogP contribution in [0.2, 0.25) is 0 Å². The van der Waals surface area contributed by atoms with Crippen molar-refractivity contribution in [3.63, 3.8) is 0 Å². The number of nitrogens with one attached hydrogen (secondary N) is 1. The fourth-order valence-electron chi connectivity index (χ4n) is 3.36. The summed E-state index contributed by atoms with van der Waals surface area (Å²) in [6, 6.07) is 17.0. The Morgan fingerprint density at radius 2 is 1.48 bits per heavy atom. The van der Waals surface area contributed by atoms with E-state index in [4.69, 9.17) is 0 Å². The number of pyridine rings is 1. The van der Waals surface area contributed by atoms with Gasteiger partial charge < -0.3 is 4.98 Å². The first-order chi connectivity index (χ1) is 14.2. The molecule has 1 N–H and O–H groups in total. The summed E-state index contributed by atoms with van der Waals surface area (Å²) in [6.45, 7) is 0.0919. The second-order valence-electron chi connectivity index (χ2n) is 6.51. The van der Waals surface area contributed by atoms with Crippen LogP contribution >= 0.6 is 0 Å².